The summed E-state index contributed by atoms with van der Waals surface area (Å²) < 4.78 is 13.9. The van der Waals surface area contributed by atoms with Crippen LogP contribution in [0.4, 0.5) is 10.1 Å². The second-order valence-electron chi connectivity index (χ2n) is 3.98. The molecule has 2 nitrogen and oxygen atoms in total. The Morgan fingerprint density at radius 1 is 1.35 bits per heavy atom. The zero-order valence-electron chi connectivity index (χ0n) is 10.1. The first kappa shape index (κ1) is 12.1. The molecule has 0 amide bonds. The van der Waals surface area contributed by atoms with Gasteiger partial charge in [-0.2, -0.15) is 0 Å². The second-order valence-corrected chi connectivity index (χ2v) is 4.39. The van der Waals surface area contributed by atoms with Gasteiger partial charge >= 0.3 is 0 Å². The number of fused-ring (bicyclic) bond motifs is 1. The zero-order valence-corrected chi connectivity index (χ0v) is 10.8. The van der Waals surface area contributed by atoms with Gasteiger partial charge in [-0.15, -0.1) is 0 Å². The first-order valence-corrected chi connectivity index (χ1v) is 5.92. The summed E-state index contributed by atoms with van der Waals surface area (Å²) in [7, 11) is 0. The topological polar surface area (TPSA) is 24.9 Å². The monoisotopic (exact) mass is 252 g/mol. The number of nitrogens with zero attached hydrogens (tertiary/aromatic N) is 1. The summed E-state index contributed by atoms with van der Waals surface area (Å²) in [6.07, 6.45) is 0. The second kappa shape index (κ2) is 4.49. The van der Waals surface area contributed by atoms with Crippen molar-refractivity contribution in [3.8, 4) is 0 Å². The molecule has 0 saturated carbocycles. The van der Waals surface area contributed by atoms with E-state index in [0.717, 1.165) is 23.5 Å². The lowest BCUT2D eigenvalue weighted by atomic mass is 10.1. The number of benzene rings is 1. The molecule has 0 unspecified atom stereocenters. The van der Waals surface area contributed by atoms with E-state index in [2.05, 4.69) is 10.3 Å². The lowest BCUT2D eigenvalue weighted by Crippen LogP contribution is -2.04. The van der Waals surface area contributed by atoms with Crippen molar-refractivity contribution in [3.05, 3.63) is 34.2 Å². The molecule has 2 aromatic rings. The van der Waals surface area contributed by atoms with E-state index < -0.39 is 0 Å². The summed E-state index contributed by atoms with van der Waals surface area (Å²) in [6, 6.07) is 2.92. The van der Waals surface area contributed by atoms with Crippen molar-refractivity contribution in [2.75, 3.05) is 11.9 Å². The fourth-order valence-corrected chi connectivity index (χ4v) is 2.11. The highest BCUT2D eigenvalue weighted by molar-refractivity contribution is 6.35. The smallest absolute Gasteiger partial charge is 0.134 e. The molecule has 0 atom stereocenters. The standard InChI is InChI=1S/C13H14ClFN2/c1-4-16-12-7(2)8(3)17-13-9(14)5-6-10(15)11(12)13/h5-6H,4H2,1-3H3,(H,16,17). The Kier molecular flexibility index (Phi) is 3.20. The van der Waals surface area contributed by atoms with Crippen molar-refractivity contribution < 1.29 is 4.39 Å². The van der Waals surface area contributed by atoms with Gasteiger partial charge in [0.1, 0.15) is 5.82 Å². The van der Waals surface area contributed by atoms with Gasteiger partial charge in [-0.3, -0.25) is 4.98 Å². The number of halogens is 2. The van der Waals surface area contributed by atoms with Gasteiger partial charge in [0.2, 0.25) is 0 Å². The van der Waals surface area contributed by atoms with Crippen molar-refractivity contribution in [1.82, 2.24) is 4.98 Å². The third-order valence-electron chi connectivity index (χ3n) is 2.88. The average Bonchev–Trinajstić information content (AvgIpc) is 2.30. The van der Waals surface area contributed by atoms with Gasteiger partial charge in [0.25, 0.3) is 0 Å². The highest BCUT2D eigenvalue weighted by Crippen LogP contribution is 2.33. The number of rotatable bonds is 2. The number of pyridine rings is 1. The molecule has 0 radical (unpaired) electrons. The SMILES string of the molecule is CCNc1c(C)c(C)nc2c(Cl)ccc(F)c12. The minimum absolute atomic E-state index is 0.295. The Morgan fingerprint density at radius 3 is 2.71 bits per heavy atom. The highest BCUT2D eigenvalue weighted by atomic mass is 35.5. The van der Waals surface area contributed by atoms with Crippen LogP contribution in [0.1, 0.15) is 18.2 Å². The van der Waals surface area contributed by atoms with E-state index in [1.54, 1.807) is 0 Å². The van der Waals surface area contributed by atoms with Crippen molar-refractivity contribution in [2.45, 2.75) is 20.8 Å². The van der Waals surface area contributed by atoms with Gasteiger partial charge in [0.15, 0.2) is 0 Å². The molecule has 4 heteroatoms. The summed E-state index contributed by atoms with van der Waals surface area (Å²) in [5.41, 5.74) is 3.13. The molecular formula is C13H14ClFN2. The minimum atomic E-state index is -0.295. The van der Waals surface area contributed by atoms with Crippen LogP contribution in [0.15, 0.2) is 12.1 Å². The summed E-state index contributed by atoms with van der Waals surface area (Å²) in [6.45, 7) is 6.53. The Balaban J connectivity index is 2.92. The molecule has 2 rings (SSSR count). The van der Waals surface area contributed by atoms with E-state index >= 15 is 0 Å². The normalized spacial score (nSPS) is 10.9. The maximum atomic E-state index is 13.9. The lowest BCUT2D eigenvalue weighted by Gasteiger charge is -2.14. The van der Waals surface area contributed by atoms with Gasteiger partial charge in [-0.25, -0.2) is 4.39 Å². The Morgan fingerprint density at radius 2 is 2.06 bits per heavy atom. The fraction of sp³-hybridized carbons (Fsp3) is 0.308. The van der Waals surface area contributed by atoms with Crippen LogP contribution in [-0.4, -0.2) is 11.5 Å². The molecule has 1 N–H and O–H groups in total. The summed E-state index contributed by atoms with van der Waals surface area (Å²) in [4.78, 5) is 4.37. The van der Waals surface area contributed by atoms with E-state index in [1.807, 2.05) is 20.8 Å². The van der Waals surface area contributed by atoms with Crippen LogP contribution in [0, 0.1) is 19.7 Å². The molecule has 0 aliphatic rings. The van der Waals surface area contributed by atoms with Crippen LogP contribution in [-0.2, 0) is 0 Å². The van der Waals surface area contributed by atoms with Crippen LogP contribution in [0.2, 0.25) is 5.02 Å². The molecule has 0 aliphatic heterocycles. The van der Waals surface area contributed by atoms with E-state index in [9.17, 15) is 4.39 Å². The lowest BCUT2D eigenvalue weighted by molar-refractivity contribution is 0.639. The number of anilines is 1. The van der Waals surface area contributed by atoms with Crippen LogP contribution >= 0.6 is 11.6 Å². The number of aromatic nitrogens is 1. The van der Waals surface area contributed by atoms with E-state index in [4.69, 9.17) is 11.6 Å². The van der Waals surface area contributed by atoms with Gasteiger partial charge in [0, 0.05) is 12.2 Å². The summed E-state index contributed by atoms with van der Waals surface area (Å²) >= 11 is 6.07. The number of nitrogens with one attached hydrogen (secondary N) is 1. The Bertz CT molecular complexity index is 581. The predicted molar refractivity (Wildman–Crippen MR) is 70.3 cm³/mol. The van der Waals surface area contributed by atoms with E-state index in [0.29, 0.717) is 15.9 Å². The van der Waals surface area contributed by atoms with Crippen LogP contribution in [0.25, 0.3) is 10.9 Å². The predicted octanol–water partition coefficient (Wildman–Crippen LogP) is 4.08. The maximum Gasteiger partial charge on any atom is 0.134 e. The zero-order chi connectivity index (χ0) is 12.6. The maximum absolute atomic E-state index is 13.9. The molecule has 17 heavy (non-hydrogen) atoms. The van der Waals surface area contributed by atoms with E-state index in [-0.39, 0.29) is 5.82 Å². The first-order valence-electron chi connectivity index (χ1n) is 5.55. The van der Waals surface area contributed by atoms with E-state index in [1.165, 1.54) is 12.1 Å². The molecule has 0 saturated heterocycles. The van der Waals surface area contributed by atoms with Gasteiger partial charge in [0.05, 0.1) is 21.6 Å². The van der Waals surface area contributed by atoms with Gasteiger partial charge < -0.3 is 5.32 Å². The molecule has 90 valence electrons. The summed E-state index contributed by atoms with van der Waals surface area (Å²) in [5, 5.41) is 4.14. The van der Waals surface area contributed by atoms with Gasteiger partial charge in [-0.1, -0.05) is 11.6 Å². The van der Waals surface area contributed by atoms with Gasteiger partial charge in [-0.05, 0) is 38.5 Å². The van der Waals surface area contributed by atoms with Crippen molar-refractivity contribution >= 4 is 28.2 Å². The summed E-state index contributed by atoms with van der Waals surface area (Å²) in [5.74, 6) is -0.295. The first-order chi connectivity index (χ1) is 8.06. The fourth-order valence-electron chi connectivity index (χ4n) is 1.91. The van der Waals surface area contributed by atoms with Crippen molar-refractivity contribution in [3.63, 3.8) is 0 Å². The number of hydrogen-bond acceptors (Lipinski definition) is 2. The third-order valence-corrected chi connectivity index (χ3v) is 3.18. The molecule has 0 bridgehead atoms. The molecule has 0 aliphatic carbocycles. The van der Waals surface area contributed by atoms with Crippen LogP contribution < -0.4 is 5.32 Å². The van der Waals surface area contributed by atoms with Crippen molar-refractivity contribution in [1.29, 1.82) is 0 Å². The number of hydrogen-bond donors (Lipinski definition) is 1. The minimum Gasteiger partial charge on any atom is -0.384 e. The number of aryl methyl sites for hydroxylation is 1. The molecule has 0 spiro atoms. The average molecular weight is 253 g/mol. The molecule has 1 heterocycles. The van der Waals surface area contributed by atoms with Crippen LogP contribution in [0.5, 0.6) is 0 Å². The molecule has 1 aromatic heterocycles. The largest absolute Gasteiger partial charge is 0.384 e. The highest BCUT2D eigenvalue weighted by Gasteiger charge is 2.14. The van der Waals surface area contributed by atoms with Crippen LogP contribution in [0.3, 0.4) is 0 Å². The Hall–Kier alpha value is -1.35. The molecule has 1 aromatic carbocycles. The van der Waals surface area contributed by atoms with Crippen molar-refractivity contribution in [2.24, 2.45) is 0 Å². The Labute approximate surface area is 105 Å². The quantitative estimate of drug-likeness (QED) is 0.871. The third kappa shape index (κ3) is 1.95. The molecular weight excluding hydrogens is 239 g/mol. The molecule has 0 fully saturated rings.